The zero-order valence-corrected chi connectivity index (χ0v) is 16.6. The summed E-state index contributed by atoms with van der Waals surface area (Å²) < 4.78 is 6.43. The lowest BCUT2D eigenvalue weighted by molar-refractivity contribution is 0.0949. The molecule has 2 N–H and O–H groups in total. The number of carbonyl (C=O) groups excluding carboxylic acids is 1. The second-order valence-electron chi connectivity index (χ2n) is 5.78. The van der Waals surface area contributed by atoms with Crippen LogP contribution in [-0.4, -0.2) is 28.9 Å². The van der Waals surface area contributed by atoms with Crippen LogP contribution in [-0.2, 0) is 0 Å². The fourth-order valence-electron chi connectivity index (χ4n) is 2.55. The van der Waals surface area contributed by atoms with Crippen molar-refractivity contribution < 1.29 is 9.53 Å². The maximum Gasteiger partial charge on any atom is 0.289 e. The Morgan fingerprint density at radius 2 is 1.93 bits per heavy atom. The summed E-state index contributed by atoms with van der Waals surface area (Å²) in [5.41, 5.74) is 6.18. The van der Waals surface area contributed by atoms with Crippen LogP contribution in [0, 0.1) is 6.92 Å². The summed E-state index contributed by atoms with van der Waals surface area (Å²) in [7, 11) is 0. The molecule has 1 heterocycles. The Hall–Kier alpha value is -2.93. The minimum Gasteiger partial charge on any atom is -0.494 e. The molecule has 0 aliphatic heterocycles. The van der Waals surface area contributed by atoms with E-state index in [0.29, 0.717) is 12.3 Å². The van der Waals surface area contributed by atoms with Crippen LogP contribution in [0.25, 0.3) is 11.3 Å². The van der Waals surface area contributed by atoms with E-state index in [2.05, 4.69) is 36.7 Å². The Balaban J connectivity index is 1.70. The highest BCUT2D eigenvalue weighted by Crippen LogP contribution is 2.25. The number of aromatic nitrogens is 2. The molecule has 0 spiro atoms. The van der Waals surface area contributed by atoms with Crippen molar-refractivity contribution in [1.29, 1.82) is 0 Å². The predicted octanol–water partition coefficient (Wildman–Crippen LogP) is 4.31. The molecule has 27 heavy (non-hydrogen) atoms. The lowest BCUT2D eigenvalue weighted by atomic mass is 10.1. The summed E-state index contributed by atoms with van der Waals surface area (Å²) in [5, 5.41) is 11.1. The van der Waals surface area contributed by atoms with Crippen molar-refractivity contribution in [1.82, 2.24) is 15.6 Å². The second kappa shape index (κ2) is 8.64. The van der Waals surface area contributed by atoms with Gasteiger partial charge in [-0.3, -0.25) is 9.89 Å². The van der Waals surface area contributed by atoms with Crippen LogP contribution in [0.2, 0.25) is 0 Å². The van der Waals surface area contributed by atoms with Gasteiger partial charge in [-0.15, -0.1) is 0 Å². The van der Waals surface area contributed by atoms with Crippen molar-refractivity contribution in [2.75, 3.05) is 6.61 Å². The fourth-order valence-corrected chi connectivity index (χ4v) is 2.81. The Labute approximate surface area is 165 Å². The van der Waals surface area contributed by atoms with Crippen molar-refractivity contribution >= 4 is 28.1 Å². The molecule has 3 rings (SSSR count). The van der Waals surface area contributed by atoms with Gasteiger partial charge in [0.25, 0.3) is 5.91 Å². The van der Waals surface area contributed by atoms with Crippen LogP contribution in [0.15, 0.2) is 58.1 Å². The van der Waals surface area contributed by atoms with E-state index >= 15 is 0 Å². The molecule has 0 aliphatic rings. The van der Waals surface area contributed by atoms with Gasteiger partial charge in [0.2, 0.25) is 0 Å². The summed E-state index contributed by atoms with van der Waals surface area (Å²) in [6.07, 6.45) is 1.59. The number of hydrogen-bond donors (Lipinski definition) is 2. The van der Waals surface area contributed by atoms with Gasteiger partial charge in [-0.1, -0.05) is 28.1 Å². The van der Waals surface area contributed by atoms with Crippen molar-refractivity contribution in [3.05, 3.63) is 69.8 Å². The SMILES string of the molecule is CCOc1ccc(-c2n[nH]c(C(=O)N/N=C\c3ccc(Br)cc3)c2C)cc1. The monoisotopic (exact) mass is 426 g/mol. The quantitative estimate of drug-likeness (QED) is 0.455. The Bertz CT molecular complexity index is 947. The van der Waals surface area contributed by atoms with Crippen LogP contribution in [0.3, 0.4) is 0 Å². The summed E-state index contributed by atoms with van der Waals surface area (Å²) in [5.74, 6) is 0.459. The first kappa shape index (κ1) is 18.8. The third-order valence-electron chi connectivity index (χ3n) is 3.93. The summed E-state index contributed by atoms with van der Waals surface area (Å²) in [6, 6.07) is 15.2. The number of hydrogen-bond acceptors (Lipinski definition) is 4. The van der Waals surface area contributed by atoms with Crippen molar-refractivity contribution in [2.24, 2.45) is 5.10 Å². The average Bonchev–Trinajstić information content (AvgIpc) is 3.06. The van der Waals surface area contributed by atoms with Crippen molar-refractivity contribution in [3.63, 3.8) is 0 Å². The fraction of sp³-hybridized carbons (Fsp3) is 0.150. The van der Waals surface area contributed by atoms with E-state index in [4.69, 9.17) is 4.74 Å². The molecule has 0 radical (unpaired) electrons. The van der Waals surface area contributed by atoms with Gasteiger partial charge in [0.05, 0.1) is 18.5 Å². The summed E-state index contributed by atoms with van der Waals surface area (Å²) in [6.45, 7) is 4.41. The third-order valence-corrected chi connectivity index (χ3v) is 4.45. The topological polar surface area (TPSA) is 79.4 Å². The molecule has 0 aliphatic carbocycles. The zero-order chi connectivity index (χ0) is 19.2. The Morgan fingerprint density at radius 1 is 1.22 bits per heavy atom. The molecule has 2 aromatic carbocycles. The van der Waals surface area contributed by atoms with Gasteiger partial charge in [-0.25, -0.2) is 5.43 Å². The molecule has 0 atom stereocenters. The molecule has 3 aromatic rings. The average molecular weight is 427 g/mol. The van der Waals surface area contributed by atoms with E-state index in [1.54, 1.807) is 6.21 Å². The van der Waals surface area contributed by atoms with Crippen LogP contribution in [0.5, 0.6) is 5.75 Å². The van der Waals surface area contributed by atoms with E-state index in [-0.39, 0.29) is 5.91 Å². The number of H-pyrrole nitrogens is 1. The highest BCUT2D eigenvalue weighted by molar-refractivity contribution is 9.10. The maximum atomic E-state index is 12.4. The van der Waals surface area contributed by atoms with Gasteiger partial charge in [0, 0.05) is 15.6 Å². The molecule has 1 amide bonds. The lowest BCUT2D eigenvalue weighted by Crippen LogP contribution is -2.19. The van der Waals surface area contributed by atoms with Gasteiger partial charge in [0.1, 0.15) is 11.4 Å². The smallest absolute Gasteiger partial charge is 0.289 e. The van der Waals surface area contributed by atoms with Gasteiger partial charge in [-0.05, 0) is 55.8 Å². The number of aromatic amines is 1. The number of nitrogens with one attached hydrogen (secondary N) is 2. The zero-order valence-electron chi connectivity index (χ0n) is 15.0. The summed E-state index contributed by atoms with van der Waals surface area (Å²) >= 11 is 3.38. The number of rotatable bonds is 6. The Morgan fingerprint density at radius 3 is 2.59 bits per heavy atom. The first-order chi connectivity index (χ1) is 13.1. The number of halogens is 1. The minimum atomic E-state index is -0.342. The lowest BCUT2D eigenvalue weighted by Gasteiger charge is -2.04. The van der Waals surface area contributed by atoms with Crippen LogP contribution >= 0.6 is 15.9 Å². The predicted molar refractivity (Wildman–Crippen MR) is 109 cm³/mol. The number of hydrazone groups is 1. The van der Waals surface area contributed by atoms with Gasteiger partial charge >= 0.3 is 0 Å². The van der Waals surface area contributed by atoms with Gasteiger partial charge in [-0.2, -0.15) is 10.2 Å². The van der Waals surface area contributed by atoms with E-state index in [9.17, 15) is 4.79 Å². The Kier molecular flexibility index (Phi) is 6.03. The van der Waals surface area contributed by atoms with Crippen LogP contribution in [0.1, 0.15) is 28.5 Å². The molecule has 0 unspecified atom stereocenters. The summed E-state index contributed by atoms with van der Waals surface area (Å²) in [4.78, 5) is 12.4. The van der Waals surface area contributed by atoms with E-state index in [1.165, 1.54) is 0 Å². The minimum absolute atomic E-state index is 0.342. The number of ether oxygens (including phenoxy) is 1. The second-order valence-corrected chi connectivity index (χ2v) is 6.70. The standard InChI is InChI=1S/C20H19BrN4O2/c1-3-27-17-10-6-15(7-11-17)18-13(2)19(24-23-18)20(26)25-22-12-14-4-8-16(21)9-5-14/h4-12H,3H2,1-2H3,(H,23,24)(H,25,26)/b22-12-. The van der Waals surface area contributed by atoms with E-state index < -0.39 is 0 Å². The molecule has 0 saturated heterocycles. The molecular weight excluding hydrogens is 408 g/mol. The normalized spacial score (nSPS) is 10.9. The molecule has 138 valence electrons. The maximum absolute atomic E-state index is 12.4. The first-order valence-electron chi connectivity index (χ1n) is 8.45. The molecular formula is C20H19BrN4O2. The number of amides is 1. The van der Waals surface area contributed by atoms with E-state index in [0.717, 1.165) is 32.6 Å². The number of nitrogens with zero attached hydrogens (tertiary/aromatic N) is 2. The molecule has 6 nitrogen and oxygen atoms in total. The van der Waals surface area contributed by atoms with Crippen molar-refractivity contribution in [3.8, 4) is 17.0 Å². The van der Waals surface area contributed by atoms with Gasteiger partial charge in [0.15, 0.2) is 0 Å². The first-order valence-corrected chi connectivity index (χ1v) is 9.25. The molecule has 7 heteroatoms. The van der Waals surface area contributed by atoms with Gasteiger partial charge < -0.3 is 4.74 Å². The van der Waals surface area contributed by atoms with Crippen LogP contribution in [0.4, 0.5) is 0 Å². The van der Waals surface area contributed by atoms with E-state index in [1.807, 2.05) is 62.4 Å². The highest BCUT2D eigenvalue weighted by atomic mass is 79.9. The number of benzene rings is 2. The number of carbonyl (C=O) groups is 1. The highest BCUT2D eigenvalue weighted by Gasteiger charge is 2.16. The molecule has 0 fully saturated rings. The van der Waals surface area contributed by atoms with Crippen molar-refractivity contribution in [2.45, 2.75) is 13.8 Å². The third kappa shape index (κ3) is 4.62. The largest absolute Gasteiger partial charge is 0.494 e. The molecule has 0 bridgehead atoms. The van der Waals surface area contributed by atoms with Crippen LogP contribution < -0.4 is 10.2 Å². The molecule has 1 aromatic heterocycles. The molecule has 0 saturated carbocycles.